The van der Waals surface area contributed by atoms with Gasteiger partial charge < -0.3 is 0 Å². The van der Waals surface area contributed by atoms with Crippen LogP contribution in [-0.4, -0.2) is 41.4 Å². The summed E-state index contributed by atoms with van der Waals surface area (Å²) in [7, 11) is -9.67. The Kier molecular flexibility index (Phi) is 2.93. The number of aromatic nitrogens is 3. The number of hydrogen-bond acceptors (Lipinski definition) is 7. The molecule has 0 aliphatic heterocycles. The van der Waals surface area contributed by atoms with E-state index in [1.54, 1.807) is 0 Å². The summed E-state index contributed by atoms with van der Waals surface area (Å²) in [6.45, 7) is 0. The van der Waals surface area contributed by atoms with Crippen LogP contribution in [0.4, 0.5) is 0 Å². The lowest BCUT2D eigenvalue weighted by Gasteiger charge is -2.00. The lowest BCUT2D eigenvalue weighted by Crippen LogP contribution is -2.11. The van der Waals surface area contributed by atoms with Gasteiger partial charge in [-0.15, -0.1) is 10.2 Å². The minimum absolute atomic E-state index is 1.03. The molecule has 0 bridgehead atoms. The molecule has 1 heterocycles. The highest BCUT2D eigenvalue weighted by Crippen LogP contribution is 2.23. The maximum Gasteiger partial charge on any atom is 0.315 e. The van der Waals surface area contributed by atoms with Crippen LogP contribution in [0.2, 0.25) is 5.02 Å². The average molecular weight is 276 g/mol. The fourth-order valence-corrected chi connectivity index (χ4v) is 2.26. The molecule has 1 aromatic rings. The Morgan fingerprint density at radius 2 is 1.27 bits per heavy atom. The van der Waals surface area contributed by atoms with Crippen molar-refractivity contribution in [2.45, 2.75) is 10.1 Å². The largest absolute Gasteiger partial charge is 0.315 e. The molecule has 0 saturated carbocycles. The van der Waals surface area contributed by atoms with E-state index < -0.39 is 35.3 Å². The molecule has 0 aliphatic rings. The molecule has 0 amide bonds. The van der Waals surface area contributed by atoms with Crippen LogP contribution >= 0.6 is 11.6 Å². The van der Waals surface area contributed by atoms with Gasteiger partial charge in [0.2, 0.25) is 10.1 Å². The van der Waals surface area contributed by atoms with E-state index in [4.69, 9.17) is 20.7 Å². The normalized spacial score (nSPS) is 12.7. The van der Waals surface area contributed by atoms with Crippen molar-refractivity contribution < 1.29 is 25.9 Å². The van der Waals surface area contributed by atoms with Gasteiger partial charge in [-0.25, -0.2) is 0 Å². The third kappa shape index (κ3) is 2.57. The number of hydrogen-bond donors (Lipinski definition) is 2. The Bertz CT molecular complexity index is 544. The first-order valence-electron chi connectivity index (χ1n) is 2.98. The van der Waals surface area contributed by atoms with E-state index in [2.05, 4.69) is 15.4 Å². The minimum Gasteiger partial charge on any atom is -0.281 e. The van der Waals surface area contributed by atoms with Gasteiger partial charge in [-0.05, 0) is 5.21 Å². The summed E-state index contributed by atoms with van der Waals surface area (Å²) in [4.78, 5) is 0. The van der Waals surface area contributed by atoms with Crippen LogP contribution in [0.25, 0.3) is 0 Å². The molecule has 9 nitrogen and oxygen atoms in total. The van der Waals surface area contributed by atoms with E-state index in [1.165, 1.54) is 0 Å². The summed E-state index contributed by atoms with van der Waals surface area (Å²) in [6, 6.07) is 0. The molecule has 0 radical (unpaired) electrons. The lowest BCUT2D eigenvalue weighted by atomic mass is 10.7. The molecule has 0 saturated heterocycles. The van der Waals surface area contributed by atoms with Crippen molar-refractivity contribution >= 4 is 31.8 Å². The molecule has 0 atom stereocenters. The minimum atomic E-state index is -4.84. The van der Waals surface area contributed by atoms with Gasteiger partial charge in [-0.1, -0.05) is 11.6 Å². The van der Waals surface area contributed by atoms with Crippen LogP contribution in [0.3, 0.4) is 0 Å². The van der Waals surface area contributed by atoms with E-state index in [9.17, 15) is 16.8 Å². The highest BCUT2D eigenvalue weighted by molar-refractivity contribution is 7.86. The number of nitrogens with zero attached hydrogens (tertiary/aromatic N) is 3. The van der Waals surface area contributed by atoms with Crippen LogP contribution in [0, 0.1) is 0 Å². The molecular weight excluding hydrogens is 274 g/mol. The summed E-state index contributed by atoms with van der Waals surface area (Å²) in [5.74, 6) is 0. The van der Waals surface area contributed by atoms with Crippen LogP contribution in [0.1, 0.15) is 0 Å². The summed E-state index contributed by atoms with van der Waals surface area (Å²) < 4.78 is 59.5. The molecule has 0 fully saturated rings. The zero-order valence-electron chi connectivity index (χ0n) is 6.56. The predicted molar refractivity (Wildman–Crippen MR) is 44.5 cm³/mol. The van der Waals surface area contributed by atoms with Crippen molar-refractivity contribution in [2.75, 3.05) is 0 Å². The van der Waals surface area contributed by atoms with Crippen LogP contribution < -0.4 is 0 Å². The molecule has 15 heavy (non-hydrogen) atoms. The van der Waals surface area contributed by atoms with Crippen molar-refractivity contribution in [1.82, 2.24) is 15.4 Å². The van der Waals surface area contributed by atoms with Crippen molar-refractivity contribution in [3.63, 3.8) is 0 Å². The Hall–Kier alpha value is -0.880. The molecule has 1 aromatic heterocycles. The van der Waals surface area contributed by atoms with Gasteiger partial charge in [0.25, 0.3) is 0 Å². The van der Waals surface area contributed by atoms with Crippen LogP contribution in [0.15, 0.2) is 10.1 Å². The van der Waals surface area contributed by atoms with Gasteiger partial charge in [0, 0.05) is 0 Å². The molecule has 2 N–H and O–H groups in total. The maximum absolute atomic E-state index is 10.6. The van der Waals surface area contributed by atoms with Crippen molar-refractivity contribution in [1.29, 1.82) is 0 Å². The Morgan fingerprint density at radius 3 is 1.53 bits per heavy atom. The van der Waals surface area contributed by atoms with Gasteiger partial charge in [0.05, 0.1) is 0 Å². The van der Waals surface area contributed by atoms with E-state index in [0.29, 0.717) is 0 Å². The highest BCUT2D eigenvalue weighted by Gasteiger charge is 2.27. The second-order valence-corrected chi connectivity index (χ2v) is 5.22. The zero-order chi connectivity index (χ0) is 11.9. The SMILES string of the molecule is O=S(=O)(O)c1nnnc(S(=O)(=O)O)c1Cl. The van der Waals surface area contributed by atoms with E-state index >= 15 is 0 Å². The van der Waals surface area contributed by atoms with Crippen molar-refractivity contribution in [2.24, 2.45) is 0 Å². The standard InChI is InChI=1S/C3H2ClN3O6S2/c4-1-2(14(8,9)10)5-7-6-3(1)15(11,12)13/h(H,8,9,10)(H,11,12,13). The van der Waals surface area contributed by atoms with Gasteiger partial charge in [-0.3, -0.25) is 9.11 Å². The fourth-order valence-electron chi connectivity index (χ4n) is 0.613. The quantitative estimate of drug-likeness (QED) is 0.649. The van der Waals surface area contributed by atoms with E-state index in [1.807, 2.05) is 0 Å². The van der Waals surface area contributed by atoms with Crippen LogP contribution in [0.5, 0.6) is 0 Å². The zero-order valence-corrected chi connectivity index (χ0v) is 8.95. The van der Waals surface area contributed by atoms with Gasteiger partial charge in [0.15, 0.2) is 0 Å². The second kappa shape index (κ2) is 3.61. The molecular formula is C3H2ClN3O6S2. The molecule has 0 aromatic carbocycles. The van der Waals surface area contributed by atoms with Gasteiger partial charge in [-0.2, -0.15) is 16.8 Å². The van der Waals surface area contributed by atoms with Crippen molar-refractivity contribution in [3.8, 4) is 0 Å². The second-order valence-electron chi connectivity index (χ2n) is 2.16. The highest BCUT2D eigenvalue weighted by atomic mass is 35.5. The van der Waals surface area contributed by atoms with Crippen molar-refractivity contribution in [3.05, 3.63) is 5.02 Å². The average Bonchev–Trinajstić information content (AvgIpc) is 1.99. The molecule has 0 unspecified atom stereocenters. The first-order valence-corrected chi connectivity index (χ1v) is 6.23. The van der Waals surface area contributed by atoms with Gasteiger partial charge in [0.1, 0.15) is 5.02 Å². The third-order valence-electron chi connectivity index (χ3n) is 1.14. The fraction of sp³-hybridized carbons (Fsp3) is 0. The van der Waals surface area contributed by atoms with Crippen LogP contribution in [-0.2, 0) is 20.2 Å². The third-order valence-corrected chi connectivity index (χ3v) is 3.27. The molecule has 0 aliphatic carbocycles. The lowest BCUT2D eigenvalue weighted by molar-refractivity contribution is 0.468. The monoisotopic (exact) mass is 275 g/mol. The Labute approximate surface area is 88.6 Å². The first-order chi connectivity index (χ1) is 6.64. The summed E-state index contributed by atoms with van der Waals surface area (Å²) in [5.41, 5.74) is 0. The smallest absolute Gasteiger partial charge is 0.281 e. The summed E-state index contributed by atoms with van der Waals surface area (Å²) in [5, 5.41) is 4.91. The molecule has 12 heteroatoms. The Morgan fingerprint density at radius 1 is 0.933 bits per heavy atom. The first kappa shape index (κ1) is 12.2. The molecule has 1 rings (SSSR count). The van der Waals surface area contributed by atoms with E-state index in [0.717, 1.165) is 0 Å². The topological polar surface area (TPSA) is 147 Å². The summed E-state index contributed by atoms with van der Waals surface area (Å²) >= 11 is 5.23. The molecule has 84 valence electrons. The van der Waals surface area contributed by atoms with E-state index in [-0.39, 0.29) is 0 Å². The number of halogens is 1. The Balaban J connectivity index is 3.65. The summed E-state index contributed by atoms with van der Waals surface area (Å²) in [6.07, 6.45) is 0. The van der Waals surface area contributed by atoms with Gasteiger partial charge >= 0.3 is 20.2 Å². The predicted octanol–water partition coefficient (Wildman–Crippen LogP) is -0.982. The maximum atomic E-state index is 10.6. The number of rotatable bonds is 2. The molecule has 0 spiro atoms.